The van der Waals surface area contributed by atoms with Crippen LogP contribution in [-0.2, 0) is 25.5 Å². The minimum atomic E-state index is -5.20. The molecule has 0 aliphatic carbocycles. The fourth-order valence-corrected chi connectivity index (χ4v) is 0.869. The van der Waals surface area contributed by atoms with Gasteiger partial charge in [0.2, 0.25) is 0 Å². The third kappa shape index (κ3) is 4.91. The van der Waals surface area contributed by atoms with E-state index < -0.39 is 24.7 Å². The number of nitrogens with one attached hydrogen (secondary N) is 1. The molecule has 0 atom stereocenters. The van der Waals surface area contributed by atoms with Crippen LogP contribution < -0.4 is 0 Å². The second-order valence-corrected chi connectivity index (χ2v) is 3.02. The van der Waals surface area contributed by atoms with Crippen molar-refractivity contribution in [1.29, 1.82) is 0 Å². The van der Waals surface area contributed by atoms with Gasteiger partial charge in [-0.05, 0) is 0 Å². The minimum Gasteiger partial charge on any atom is -0.385 e. The van der Waals surface area contributed by atoms with E-state index in [0.717, 1.165) is 0 Å². The van der Waals surface area contributed by atoms with Crippen molar-refractivity contribution in [3.8, 4) is 0 Å². The van der Waals surface area contributed by atoms with Gasteiger partial charge < -0.3 is 9.47 Å². The number of carbonyl (C=O) groups is 2. The molecule has 100 valence electrons. The number of halogens is 3. The SMILES string of the molecule is O=C(COCCc1cn[nH]n1)OC(=O)C(F)(F)F. The van der Waals surface area contributed by atoms with Crippen LogP contribution in [0, 0.1) is 0 Å². The van der Waals surface area contributed by atoms with Gasteiger partial charge in [-0.3, -0.25) is 0 Å². The number of hydrogen-bond donors (Lipinski definition) is 1. The van der Waals surface area contributed by atoms with E-state index in [1.165, 1.54) is 6.20 Å². The third-order valence-electron chi connectivity index (χ3n) is 1.63. The summed E-state index contributed by atoms with van der Waals surface area (Å²) < 4.78 is 43.3. The minimum absolute atomic E-state index is 0.0296. The fourth-order valence-electron chi connectivity index (χ4n) is 0.869. The van der Waals surface area contributed by atoms with Crippen molar-refractivity contribution < 1.29 is 32.2 Å². The van der Waals surface area contributed by atoms with Gasteiger partial charge in [-0.1, -0.05) is 0 Å². The van der Waals surface area contributed by atoms with E-state index in [1.54, 1.807) is 0 Å². The predicted octanol–water partition coefficient (Wildman–Crippen LogP) is -0.00410. The Morgan fingerprint density at radius 1 is 1.39 bits per heavy atom. The molecule has 1 aromatic heterocycles. The second kappa shape index (κ2) is 6.10. The van der Waals surface area contributed by atoms with Crippen molar-refractivity contribution in [3.63, 3.8) is 0 Å². The van der Waals surface area contributed by atoms with E-state index in [2.05, 4.69) is 20.1 Å². The van der Waals surface area contributed by atoms with Crippen LogP contribution in [0.25, 0.3) is 0 Å². The molecule has 0 saturated carbocycles. The lowest BCUT2D eigenvalue weighted by molar-refractivity contribution is -0.203. The number of rotatable bonds is 5. The first-order valence-corrected chi connectivity index (χ1v) is 4.64. The third-order valence-corrected chi connectivity index (χ3v) is 1.63. The number of ether oxygens (including phenoxy) is 2. The van der Waals surface area contributed by atoms with Gasteiger partial charge in [-0.2, -0.15) is 28.6 Å². The number of esters is 2. The average molecular weight is 267 g/mol. The van der Waals surface area contributed by atoms with Gasteiger partial charge in [0, 0.05) is 6.42 Å². The van der Waals surface area contributed by atoms with E-state index >= 15 is 0 Å². The average Bonchev–Trinajstić information content (AvgIpc) is 2.75. The van der Waals surface area contributed by atoms with E-state index in [-0.39, 0.29) is 6.61 Å². The van der Waals surface area contributed by atoms with Crippen molar-refractivity contribution in [2.75, 3.05) is 13.2 Å². The number of alkyl halides is 3. The number of nitrogens with zero attached hydrogens (tertiary/aromatic N) is 2. The summed E-state index contributed by atoms with van der Waals surface area (Å²) >= 11 is 0. The first kappa shape index (κ1) is 14.1. The zero-order valence-corrected chi connectivity index (χ0v) is 8.86. The molecule has 0 fully saturated rings. The molecule has 7 nitrogen and oxygen atoms in total. The molecule has 1 heterocycles. The molecule has 0 saturated heterocycles. The lowest BCUT2D eigenvalue weighted by Gasteiger charge is -2.05. The fraction of sp³-hybridized carbons (Fsp3) is 0.500. The van der Waals surface area contributed by atoms with Crippen LogP contribution in [-0.4, -0.2) is 46.7 Å². The Morgan fingerprint density at radius 3 is 2.67 bits per heavy atom. The monoisotopic (exact) mass is 267 g/mol. The van der Waals surface area contributed by atoms with Crippen molar-refractivity contribution in [3.05, 3.63) is 11.9 Å². The van der Waals surface area contributed by atoms with Crippen LogP contribution in [0.5, 0.6) is 0 Å². The Morgan fingerprint density at radius 2 is 2.11 bits per heavy atom. The van der Waals surface area contributed by atoms with E-state index in [9.17, 15) is 22.8 Å². The van der Waals surface area contributed by atoms with Crippen molar-refractivity contribution in [2.45, 2.75) is 12.6 Å². The van der Waals surface area contributed by atoms with Crippen molar-refractivity contribution in [1.82, 2.24) is 15.4 Å². The molecule has 0 unspecified atom stereocenters. The highest BCUT2D eigenvalue weighted by Crippen LogP contribution is 2.16. The van der Waals surface area contributed by atoms with Crippen LogP contribution in [0.3, 0.4) is 0 Å². The zero-order valence-electron chi connectivity index (χ0n) is 8.86. The summed E-state index contributed by atoms with van der Waals surface area (Å²) in [6.07, 6.45) is -3.46. The van der Waals surface area contributed by atoms with Gasteiger partial charge in [-0.25, -0.2) is 9.59 Å². The van der Waals surface area contributed by atoms with Crippen molar-refractivity contribution >= 4 is 11.9 Å². The molecule has 1 aromatic rings. The van der Waals surface area contributed by atoms with Gasteiger partial charge in [0.15, 0.2) is 0 Å². The largest absolute Gasteiger partial charge is 0.491 e. The molecule has 0 spiro atoms. The number of H-pyrrole nitrogens is 1. The standard InChI is InChI=1S/C8H8F3N3O4/c9-8(10,11)7(16)18-6(15)4-17-2-1-5-3-12-14-13-5/h3H,1-2,4H2,(H,12,13,14). The summed E-state index contributed by atoms with van der Waals surface area (Å²) in [6.45, 7) is -0.721. The number of aromatic amines is 1. The summed E-state index contributed by atoms with van der Waals surface area (Å²) in [5.41, 5.74) is 0.565. The highest BCUT2D eigenvalue weighted by atomic mass is 19.4. The highest BCUT2D eigenvalue weighted by Gasteiger charge is 2.42. The molecule has 0 aromatic carbocycles. The Labute approximate surface area is 98.3 Å². The Bertz CT molecular complexity index is 404. The molecule has 0 bridgehead atoms. The topological polar surface area (TPSA) is 94.2 Å². The van der Waals surface area contributed by atoms with Crippen LogP contribution >= 0.6 is 0 Å². The zero-order chi connectivity index (χ0) is 13.6. The van der Waals surface area contributed by atoms with Gasteiger partial charge in [0.05, 0.1) is 18.5 Å². The van der Waals surface area contributed by atoms with Gasteiger partial charge in [0.1, 0.15) is 6.61 Å². The van der Waals surface area contributed by atoms with E-state index in [0.29, 0.717) is 12.1 Å². The Kier molecular flexibility index (Phi) is 4.77. The molecule has 0 aliphatic rings. The highest BCUT2D eigenvalue weighted by molar-refractivity contribution is 5.88. The van der Waals surface area contributed by atoms with Gasteiger partial charge >= 0.3 is 18.1 Å². The van der Waals surface area contributed by atoms with Crippen molar-refractivity contribution in [2.24, 2.45) is 0 Å². The molecule has 0 radical (unpaired) electrons. The van der Waals surface area contributed by atoms with Gasteiger partial charge in [-0.15, -0.1) is 0 Å². The lowest BCUT2D eigenvalue weighted by Crippen LogP contribution is -2.29. The number of carbonyl (C=O) groups excluding carboxylic acids is 2. The molecular formula is C8H8F3N3O4. The first-order valence-electron chi connectivity index (χ1n) is 4.64. The van der Waals surface area contributed by atoms with Crippen LogP contribution in [0.15, 0.2) is 6.20 Å². The summed E-state index contributed by atoms with van der Waals surface area (Å²) in [5, 5.41) is 9.53. The Hall–Kier alpha value is -1.97. The molecular weight excluding hydrogens is 259 g/mol. The smallest absolute Gasteiger partial charge is 0.385 e. The molecule has 1 rings (SSSR count). The van der Waals surface area contributed by atoms with Crippen LogP contribution in [0.2, 0.25) is 0 Å². The maximum absolute atomic E-state index is 11.7. The second-order valence-electron chi connectivity index (χ2n) is 3.02. The van der Waals surface area contributed by atoms with E-state index in [1.807, 2.05) is 0 Å². The first-order chi connectivity index (χ1) is 8.39. The molecule has 1 N–H and O–H groups in total. The molecule has 0 amide bonds. The maximum atomic E-state index is 11.7. The summed E-state index contributed by atoms with van der Waals surface area (Å²) in [7, 11) is 0. The Balaban J connectivity index is 2.16. The summed E-state index contributed by atoms with van der Waals surface area (Å²) in [6, 6.07) is 0. The molecule has 10 heteroatoms. The summed E-state index contributed by atoms with van der Waals surface area (Å²) in [4.78, 5) is 21.0. The summed E-state index contributed by atoms with van der Waals surface area (Å²) in [5.74, 6) is -3.97. The maximum Gasteiger partial charge on any atom is 0.491 e. The van der Waals surface area contributed by atoms with Crippen LogP contribution in [0.4, 0.5) is 13.2 Å². The van der Waals surface area contributed by atoms with Crippen LogP contribution in [0.1, 0.15) is 5.69 Å². The predicted molar refractivity (Wildman–Crippen MR) is 48.1 cm³/mol. The normalized spacial score (nSPS) is 11.3. The molecule has 0 aliphatic heterocycles. The number of hydrogen-bond acceptors (Lipinski definition) is 6. The van der Waals surface area contributed by atoms with Gasteiger partial charge in [0.25, 0.3) is 0 Å². The lowest BCUT2D eigenvalue weighted by atomic mass is 10.3. The van der Waals surface area contributed by atoms with E-state index in [4.69, 9.17) is 4.74 Å². The number of aromatic nitrogens is 3. The molecule has 18 heavy (non-hydrogen) atoms. The quantitative estimate of drug-likeness (QED) is 0.458.